The van der Waals surface area contributed by atoms with Gasteiger partial charge in [-0.05, 0) is 12.1 Å². The standard InChI is InChI=1S/C9H7ClN2O/c1-13-6-4-8-7(11-5-6)2-3-9(10)12-8/h2-5H,1H3. The molecule has 0 aliphatic rings. The number of pyridine rings is 2. The van der Waals surface area contributed by atoms with Crippen LogP contribution in [0.3, 0.4) is 0 Å². The molecule has 4 heteroatoms. The van der Waals surface area contributed by atoms with E-state index in [-0.39, 0.29) is 0 Å². The predicted molar refractivity (Wildman–Crippen MR) is 51.1 cm³/mol. The average molecular weight is 195 g/mol. The number of ether oxygens (including phenoxy) is 1. The topological polar surface area (TPSA) is 35.0 Å². The van der Waals surface area contributed by atoms with Gasteiger partial charge in [-0.25, -0.2) is 4.98 Å². The summed E-state index contributed by atoms with van der Waals surface area (Å²) >= 11 is 5.73. The fourth-order valence-electron chi connectivity index (χ4n) is 1.07. The van der Waals surface area contributed by atoms with Crippen molar-refractivity contribution in [2.75, 3.05) is 7.11 Å². The smallest absolute Gasteiger partial charge is 0.139 e. The molecule has 0 aliphatic heterocycles. The van der Waals surface area contributed by atoms with Gasteiger partial charge in [-0.3, -0.25) is 4.98 Å². The number of nitrogens with zero attached hydrogens (tertiary/aromatic N) is 2. The van der Waals surface area contributed by atoms with E-state index in [0.29, 0.717) is 10.9 Å². The highest BCUT2D eigenvalue weighted by atomic mass is 35.5. The van der Waals surface area contributed by atoms with Crippen molar-refractivity contribution in [2.45, 2.75) is 0 Å². The summed E-state index contributed by atoms with van der Waals surface area (Å²) in [5.74, 6) is 0.683. The Hall–Kier alpha value is -1.35. The number of aromatic nitrogens is 2. The largest absolute Gasteiger partial charge is 0.495 e. The van der Waals surface area contributed by atoms with Crippen molar-refractivity contribution in [3.63, 3.8) is 0 Å². The Morgan fingerprint density at radius 1 is 1.31 bits per heavy atom. The zero-order valence-electron chi connectivity index (χ0n) is 6.99. The summed E-state index contributed by atoms with van der Waals surface area (Å²) in [4.78, 5) is 8.25. The molecule has 0 unspecified atom stereocenters. The third kappa shape index (κ3) is 1.55. The van der Waals surface area contributed by atoms with Crippen LogP contribution < -0.4 is 4.74 Å². The summed E-state index contributed by atoms with van der Waals surface area (Å²) in [6, 6.07) is 5.34. The van der Waals surface area contributed by atoms with Crippen LogP contribution in [0.15, 0.2) is 24.4 Å². The molecule has 0 saturated heterocycles. The highest BCUT2D eigenvalue weighted by molar-refractivity contribution is 6.29. The monoisotopic (exact) mass is 194 g/mol. The third-order valence-corrected chi connectivity index (χ3v) is 1.92. The Labute approximate surface area is 80.3 Å². The fraction of sp³-hybridized carbons (Fsp3) is 0.111. The van der Waals surface area contributed by atoms with Crippen LogP contribution in [0, 0.1) is 0 Å². The first-order chi connectivity index (χ1) is 6.29. The second-order valence-corrected chi connectivity index (χ2v) is 2.93. The summed E-state index contributed by atoms with van der Waals surface area (Å²) in [6.45, 7) is 0. The molecule has 0 amide bonds. The lowest BCUT2D eigenvalue weighted by molar-refractivity contribution is 0.413. The Balaban J connectivity index is 2.68. The lowest BCUT2D eigenvalue weighted by Crippen LogP contribution is -1.87. The van der Waals surface area contributed by atoms with E-state index in [1.54, 1.807) is 25.4 Å². The van der Waals surface area contributed by atoms with Crippen molar-refractivity contribution in [1.82, 2.24) is 9.97 Å². The summed E-state index contributed by atoms with van der Waals surface area (Å²) in [5, 5.41) is 0.461. The third-order valence-electron chi connectivity index (χ3n) is 1.71. The molecule has 0 spiro atoms. The molecule has 0 aliphatic carbocycles. The molecular weight excluding hydrogens is 188 g/mol. The molecule has 2 heterocycles. The lowest BCUT2D eigenvalue weighted by Gasteiger charge is -2.00. The molecule has 2 rings (SSSR count). The van der Waals surface area contributed by atoms with Crippen LogP contribution in [-0.2, 0) is 0 Å². The van der Waals surface area contributed by atoms with E-state index in [1.165, 1.54) is 0 Å². The molecule has 0 atom stereocenters. The predicted octanol–water partition coefficient (Wildman–Crippen LogP) is 2.29. The fourth-order valence-corrected chi connectivity index (χ4v) is 1.23. The van der Waals surface area contributed by atoms with Gasteiger partial charge < -0.3 is 4.74 Å². The first-order valence-corrected chi connectivity index (χ1v) is 4.14. The van der Waals surface area contributed by atoms with Gasteiger partial charge in [0.15, 0.2) is 0 Å². The van der Waals surface area contributed by atoms with Crippen molar-refractivity contribution in [1.29, 1.82) is 0 Å². The number of halogens is 1. The number of rotatable bonds is 1. The average Bonchev–Trinajstić information content (AvgIpc) is 2.16. The van der Waals surface area contributed by atoms with E-state index in [0.717, 1.165) is 11.0 Å². The minimum absolute atomic E-state index is 0.461. The molecule has 13 heavy (non-hydrogen) atoms. The Kier molecular flexibility index (Phi) is 2.02. The molecule has 2 aromatic heterocycles. The molecule has 3 nitrogen and oxygen atoms in total. The Morgan fingerprint density at radius 3 is 2.92 bits per heavy atom. The van der Waals surface area contributed by atoms with Crippen LogP contribution >= 0.6 is 11.6 Å². The van der Waals surface area contributed by atoms with Gasteiger partial charge in [-0.1, -0.05) is 11.6 Å². The molecule has 0 saturated carbocycles. The molecular formula is C9H7ClN2O. The molecule has 0 bridgehead atoms. The molecule has 0 aromatic carbocycles. The summed E-state index contributed by atoms with van der Waals surface area (Å²) in [6.07, 6.45) is 1.65. The van der Waals surface area contributed by atoms with Gasteiger partial charge in [0.2, 0.25) is 0 Å². The van der Waals surface area contributed by atoms with Gasteiger partial charge in [-0.2, -0.15) is 0 Å². The minimum atomic E-state index is 0.461. The highest BCUT2D eigenvalue weighted by Crippen LogP contribution is 2.17. The van der Waals surface area contributed by atoms with E-state index in [4.69, 9.17) is 16.3 Å². The molecule has 0 radical (unpaired) electrons. The van der Waals surface area contributed by atoms with E-state index in [9.17, 15) is 0 Å². The SMILES string of the molecule is COc1cnc2ccc(Cl)nc2c1. The van der Waals surface area contributed by atoms with Crippen LogP contribution in [0.4, 0.5) is 0 Å². The molecule has 66 valence electrons. The highest BCUT2D eigenvalue weighted by Gasteiger charge is 1.99. The first kappa shape index (κ1) is 8.26. The van der Waals surface area contributed by atoms with Crippen LogP contribution in [-0.4, -0.2) is 17.1 Å². The maximum absolute atomic E-state index is 5.73. The lowest BCUT2D eigenvalue weighted by atomic mass is 10.3. The van der Waals surface area contributed by atoms with E-state index in [1.807, 2.05) is 6.07 Å². The maximum atomic E-state index is 5.73. The number of methoxy groups -OCH3 is 1. The van der Waals surface area contributed by atoms with Crippen molar-refractivity contribution < 1.29 is 4.74 Å². The minimum Gasteiger partial charge on any atom is -0.495 e. The van der Waals surface area contributed by atoms with Gasteiger partial charge in [0.1, 0.15) is 10.9 Å². The van der Waals surface area contributed by atoms with Gasteiger partial charge in [-0.15, -0.1) is 0 Å². The zero-order valence-corrected chi connectivity index (χ0v) is 7.75. The first-order valence-electron chi connectivity index (χ1n) is 3.76. The number of fused-ring (bicyclic) bond motifs is 1. The van der Waals surface area contributed by atoms with Crippen LogP contribution in [0.5, 0.6) is 5.75 Å². The van der Waals surface area contributed by atoms with E-state index in [2.05, 4.69) is 9.97 Å². The van der Waals surface area contributed by atoms with Crippen molar-refractivity contribution in [2.24, 2.45) is 0 Å². The maximum Gasteiger partial charge on any atom is 0.139 e. The zero-order chi connectivity index (χ0) is 9.26. The summed E-state index contributed by atoms with van der Waals surface area (Å²) in [5.41, 5.74) is 1.55. The Bertz CT molecular complexity index is 445. The quantitative estimate of drug-likeness (QED) is 0.654. The molecule has 0 N–H and O–H groups in total. The van der Waals surface area contributed by atoms with Gasteiger partial charge in [0.05, 0.1) is 24.3 Å². The number of hydrogen-bond donors (Lipinski definition) is 0. The van der Waals surface area contributed by atoms with Gasteiger partial charge in [0.25, 0.3) is 0 Å². The van der Waals surface area contributed by atoms with Gasteiger partial charge in [0, 0.05) is 6.07 Å². The second kappa shape index (κ2) is 3.18. The Morgan fingerprint density at radius 2 is 2.15 bits per heavy atom. The van der Waals surface area contributed by atoms with Crippen LogP contribution in [0.2, 0.25) is 5.15 Å². The number of hydrogen-bond acceptors (Lipinski definition) is 3. The van der Waals surface area contributed by atoms with E-state index < -0.39 is 0 Å². The van der Waals surface area contributed by atoms with Crippen molar-refractivity contribution >= 4 is 22.6 Å². The second-order valence-electron chi connectivity index (χ2n) is 2.55. The normalized spacial score (nSPS) is 10.3. The van der Waals surface area contributed by atoms with E-state index >= 15 is 0 Å². The summed E-state index contributed by atoms with van der Waals surface area (Å²) < 4.78 is 5.02. The molecule has 2 aromatic rings. The van der Waals surface area contributed by atoms with Crippen LogP contribution in [0.1, 0.15) is 0 Å². The van der Waals surface area contributed by atoms with Crippen molar-refractivity contribution in [3.8, 4) is 5.75 Å². The van der Waals surface area contributed by atoms with Gasteiger partial charge >= 0.3 is 0 Å². The molecule has 0 fully saturated rings. The van der Waals surface area contributed by atoms with Crippen LogP contribution in [0.25, 0.3) is 11.0 Å². The summed E-state index contributed by atoms with van der Waals surface area (Å²) in [7, 11) is 1.59. The van der Waals surface area contributed by atoms with Crippen molar-refractivity contribution in [3.05, 3.63) is 29.5 Å².